The Hall–Kier alpha value is -1.06. The molecule has 0 bridgehead atoms. The lowest BCUT2D eigenvalue weighted by Gasteiger charge is -2.14. The van der Waals surface area contributed by atoms with Crippen LogP contribution in [0.1, 0.15) is 39.0 Å². The lowest BCUT2D eigenvalue weighted by Crippen LogP contribution is -2.33. The largest absolute Gasteiger partial charge is 0.481 e. The van der Waals surface area contributed by atoms with Crippen molar-refractivity contribution in [1.29, 1.82) is 0 Å². The second-order valence-electron chi connectivity index (χ2n) is 5.61. The molecular weight excluding hydrogens is 218 g/mol. The molecule has 96 valence electrons. The molecule has 2 rings (SSSR count). The van der Waals surface area contributed by atoms with Crippen LogP contribution >= 0.6 is 0 Å². The predicted octanol–water partition coefficient (Wildman–Crippen LogP) is 1.65. The maximum Gasteiger partial charge on any atom is 0.306 e. The van der Waals surface area contributed by atoms with Crippen molar-refractivity contribution in [3.05, 3.63) is 0 Å². The predicted molar refractivity (Wildman–Crippen MR) is 63.4 cm³/mol. The van der Waals surface area contributed by atoms with Crippen molar-refractivity contribution in [3.8, 4) is 0 Å². The number of amides is 1. The van der Waals surface area contributed by atoms with Crippen molar-refractivity contribution in [2.75, 3.05) is 6.54 Å². The first-order chi connectivity index (χ1) is 8.08. The van der Waals surface area contributed by atoms with Crippen LogP contribution in [-0.4, -0.2) is 23.5 Å². The Bertz CT molecular complexity index is 312. The van der Waals surface area contributed by atoms with Crippen molar-refractivity contribution >= 4 is 11.9 Å². The zero-order valence-electron chi connectivity index (χ0n) is 10.3. The van der Waals surface area contributed by atoms with E-state index in [0.717, 1.165) is 18.9 Å². The van der Waals surface area contributed by atoms with Crippen molar-refractivity contribution in [3.63, 3.8) is 0 Å². The number of aliphatic carboxylic acids is 1. The first kappa shape index (κ1) is 12.4. The fourth-order valence-corrected chi connectivity index (χ4v) is 2.68. The average Bonchev–Trinajstić information content (AvgIpc) is 3.02. The van der Waals surface area contributed by atoms with Gasteiger partial charge in [0.2, 0.25) is 5.91 Å². The summed E-state index contributed by atoms with van der Waals surface area (Å²) in [7, 11) is 0. The zero-order chi connectivity index (χ0) is 12.4. The van der Waals surface area contributed by atoms with Crippen LogP contribution in [0.5, 0.6) is 0 Å². The van der Waals surface area contributed by atoms with E-state index >= 15 is 0 Å². The number of hydrogen-bond acceptors (Lipinski definition) is 2. The van der Waals surface area contributed by atoms with Gasteiger partial charge < -0.3 is 10.4 Å². The summed E-state index contributed by atoms with van der Waals surface area (Å²) in [5.41, 5.74) is 0. The molecule has 0 aromatic heterocycles. The van der Waals surface area contributed by atoms with E-state index in [2.05, 4.69) is 12.2 Å². The molecule has 0 aromatic rings. The van der Waals surface area contributed by atoms with Gasteiger partial charge in [0.1, 0.15) is 0 Å². The molecule has 0 saturated heterocycles. The van der Waals surface area contributed by atoms with E-state index in [1.54, 1.807) is 0 Å². The standard InChI is InChI=1S/C13H21NO3/c1-8(9-2-3-9)7-14-12(15)10-4-5-11(6-10)13(16)17/h8-11H,2-7H2,1H3,(H,14,15)(H,16,17). The van der Waals surface area contributed by atoms with Gasteiger partial charge in [-0.2, -0.15) is 0 Å². The Morgan fingerprint density at radius 2 is 1.88 bits per heavy atom. The highest BCUT2D eigenvalue weighted by molar-refractivity contribution is 5.80. The lowest BCUT2D eigenvalue weighted by atomic mass is 10.0. The van der Waals surface area contributed by atoms with E-state index in [0.29, 0.717) is 18.8 Å². The van der Waals surface area contributed by atoms with E-state index in [1.165, 1.54) is 12.8 Å². The molecule has 3 atom stereocenters. The maximum absolute atomic E-state index is 11.9. The Morgan fingerprint density at radius 1 is 1.24 bits per heavy atom. The van der Waals surface area contributed by atoms with Crippen LogP contribution in [0.25, 0.3) is 0 Å². The van der Waals surface area contributed by atoms with E-state index in [4.69, 9.17) is 5.11 Å². The summed E-state index contributed by atoms with van der Waals surface area (Å²) in [6, 6.07) is 0. The molecule has 2 aliphatic rings. The number of rotatable bonds is 5. The van der Waals surface area contributed by atoms with Gasteiger partial charge in [-0.3, -0.25) is 9.59 Å². The quantitative estimate of drug-likeness (QED) is 0.766. The van der Waals surface area contributed by atoms with Crippen molar-refractivity contribution in [2.45, 2.75) is 39.0 Å². The number of hydrogen-bond donors (Lipinski definition) is 2. The molecule has 2 saturated carbocycles. The van der Waals surface area contributed by atoms with Crippen LogP contribution in [0.15, 0.2) is 0 Å². The Kier molecular flexibility index (Phi) is 3.69. The minimum atomic E-state index is -0.758. The van der Waals surface area contributed by atoms with Gasteiger partial charge in [0, 0.05) is 12.5 Å². The highest BCUT2D eigenvalue weighted by atomic mass is 16.4. The van der Waals surface area contributed by atoms with Gasteiger partial charge in [0.15, 0.2) is 0 Å². The molecule has 2 fully saturated rings. The molecule has 4 heteroatoms. The highest BCUT2D eigenvalue weighted by Crippen LogP contribution is 2.36. The summed E-state index contributed by atoms with van der Waals surface area (Å²) < 4.78 is 0. The molecule has 0 radical (unpaired) electrons. The molecular formula is C13H21NO3. The molecule has 17 heavy (non-hydrogen) atoms. The van der Waals surface area contributed by atoms with Gasteiger partial charge in [-0.25, -0.2) is 0 Å². The third-order valence-corrected chi connectivity index (χ3v) is 4.18. The van der Waals surface area contributed by atoms with E-state index in [1.807, 2.05) is 0 Å². The normalized spacial score (nSPS) is 29.9. The van der Waals surface area contributed by atoms with Crippen LogP contribution in [-0.2, 0) is 9.59 Å². The summed E-state index contributed by atoms with van der Waals surface area (Å²) in [5, 5.41) is 11.9. The maximum atomic E-state index is 11.9. The topological polar surface area (TPSA) is 66.4 Å². The fraction of sp³-hybridized carbons (Fsp3) is 0.846. The molecule has 0 heterocycles. The van der Waals surface area contributed by atoms with E-state index in [9.17, 15) is 9.59 Å². The fourth-order valence-electron chi connectivity index (χ4n) is 2.68. The Balaban J connectivity index is 1.71. The van der Waals surface area contributed by atoms with Crippen molar-refractivity contribution in [1.82, 2.24) is 5.32 Å². The van der Waals surface area contributed by atoms with Crippen LogP contribution in [0, 0.1) is 23.7 Å². The molecule has 0 aliphatic heterocycles. The second-order valence-corrected chi connectivity index (χ2v) is 5.61. The van der Waals surface area contributed by atoms with Crippen LogP contribution < -0.4 is 5.32 Å². The smallest absolute Gasteiger partial charge is 0.306 e. The first-order valence-electron chi connectivity index (χ1n) is 6.58. The number of carbonyl (C=O) groups excluding carboxylic acids is 1. The van der Waals surface area contributed by atoms with Crippen molar-refractivity contribution in [2.24, 2.45) is 23.7 Å². The highest BCUT2D eigenvalue weighted by Gasteiger charge is 2.34. The molecule has 4 nitrogen and oxygen atoms in total. The molecule has 2 aliphatic carbocycles. The molecule has 1 amide bonds. The number of carboxylic acids is 1. The van der Waals surface area contributed by atoms with Crippen LogP contribution in [0.2, 0.25) is 0 Å². The number of carboxylic acid groups (broad SMARTS) is 1. The lowest BCUT2D eigenvalue weighted by molar-refractivity contribution is -0.141. The summed E-state index contributed by atoms with van der Waals surface area (Å²) in [6.07, 6.45) is 4.47. The molecule has 0 spiro atoms. The van der Waals surface area contributed by atoms with Gasteiger partial charge in [0.05, 0.1) is 5.92 Å². The van der Waals surface area contributed by atoms with Gasteiger partial charge >= 0.3 is 5.97 Å². The first-order valence-corrected chi connectivity index (χ1v) is 6.58. The summed E-state index contributed by atoms with van der Waals surface area (Å²) >= 11 is 0. The van der Waals surface area contributed by atoms with Crippen LogP contribution in [0.4, 0.5) is 0 Å². The van der Waals surface area contributed by atoms with Gasteiger partial charge in [-0.1, -0.05) is 6.92 Å². The van der Waals surface area contributed by atoms with Crippen molar-refractivity contribution < 1.29 is 14.7 Å². The van der Waals surface area contributed by atoms with Gasteiger partial charge in [-0.15, -0.1) is 0 Å². The third kappa shape index (κ3) is 3.20. The molecule has 2 N–H and O–H groups in total. The summed E-state index contributed by atoms with van der Waals surface area (Å²) in [5.74, 6) is 0.267. The summed E-state index contributed by atoms with van der Waals surface area (Å²) in [4.78, 5) is 22.7. The van der Waals surface area contributed by atoms with Gasteiger partial charge in [0.25, 0.3) is 0 Å². The number of carbonyl (C=O) groups is 2. The zero-order valence-corrected chi connectivity index (χ0v) is 10.3. The summed E-state index contributed by atoms with van der Waals surface area (Å²) in [6.45, 7) is 2.92. The monoisotopic (exact) mass is 239 g/mol. The Labute approximate surface area is 102 Å². The van der Waals surface area contributed by atoms with E-state index in [-0.39, 0.29) is 17.7 Å². The SMILES string of the molecule is CC(CNC(=O)C1CCC(C(=O)O)C1)C1CC1. The minimum absolute atomic E-state index is 0.0567. The number of nitrogens with one attached hydrogen (secondary N) is 1. The molecule has 3 unspecified atom stereocenters. The van der Waals surface area contributed by atoms with Crippen LogP contribution in [0.3, 0.4) is 0 Å². The minimum Gasteiger partial charge on any atom is -0.481 e. The Morgan fingerprint density at radius 3 is 2.41 bits per heavy atom. The average molecular weight is 239 g/mol. The second kappa shape index (κ2) is 5.07. The third-order valence-electron chi connectivity index (χ3n) is 4.18. The van der Waals surface area contributed by atoms with E-state index < -0.39 is 5.97 Å². The molecule has 0 aromatic carbocycles. The van der Waals surface area contributed by atoms with Gasteiger partial charge in [-0.05, 0) is 43.9 Å².